The molecule has 7 heteroatoms. The Labute approximate surface area is 163 Å². The zero-order valence-corrected chi connectivity index (χ0v) is 16.5. The van der Waals surface area contributed by atoms with Crippen LogP contribution in [0.4, 0.5) is 5.69 Å². The molecule has 2 heterocycles. The number of anilines is 1. The van der Waals surface area contributed by atoms with Crippen molar-refractivity contribution in [3.63, 3.8) is 0 Å². The van der Waals surface area contributed by atoms with Crippen molar-refractivity contribution in [1.82, 2.24) is 10.2 Å². The number of likely N-dealkylation sites (tertiary alicyclic amines) is 1. The van der Waals surface area contributed by atoms with Crippen LogP contribution >= 0.6 is 11.3 Å². The first kappa shape index (κ1) is 19.2. The van der Waals surface area contributed by atoms with Crippen molar-refractivity contribution >= 4 is 28.8 Å². The van der Waals surface area contributed by atoms with Crippen LogP contribution in [0.5, 0.6) is 5.75 Å². The van der Waals surface area contributed by atoms with Crippen LogP contribution in [0, 0.1) is 0 Å². The second kappa shape index (κ2) is 8.43. The molecule has 0 saturated carbocycles. The second-order valence-electron chi connectivity index (χ2n) is 6.71. The maximum absolute atomic E-state index is 12.7. The van der Waals surface area contributed by atoms with Gasteiger partial charge in [0.1, 0.15) is 11.3 Å². The Bertz CT molecular complexity index is 784. The molecule has 0 spiro atoms. The summed E-state index contributed by atoms with van der Waals surface area (Å²) in [6.45, 7) is 1.10. The average molecular weight is 388 g/mol. The molecular formula is C20H25N3O3S. The van der Waals surface area contributed by atoms with Crippen molar-refractivity contribution in [3.05, 3.63) is 46.7 Å². The molecule has 1 saturated heterocycles. The third-order valence-electron chi connectivity index (χ3n) is 5.02. The summed E-state index contributed by atoms with van der Waals surface area (Å²) in [5.41, 5.74) is 1.14. The van der Waals surface area contributed by atoms with Gasteiger partial charge in [-0.1, -0.05) is 6.07 Å². The molecular weight excluding hydrogens is 362 g/mol. The number of nitrogens with one attached hydrogen (secondary N) is 2. The number of rotatable bonds is 6. The molecule has 27 heavy (non-hydrogen) atoms. The van der Waals surface area contributed by atoms with Crippen LogP contribution < -0.4 is 15.4 Å². The van der Waals surface area contributed by atoms with Crippen molar-refractivity contribution in [2.75, 3.05) is 32.6 Å². The van der Waals surface area contributed by atoms with Crippen LogP contribution in [-0.2, 0) is 16.0 Å². The van der Waals surface area contributed by atoms with Crippen LogP contribution in [0.25, 0.3) is 0 Å². The molecule has 1 aromatic carbocycles. The number of nitrogens with zero attached hydrogens (tertiary/aromatic N) is 1. The first-order valence-electron chi connectivity index (χ1n) is 8.99. The lowest BCUT2D eigenvalue weighted by Crippen LogP contribution is -2.58. The zero-order valence-electron chi connectivity index (χ0n) is 15.7. The number of methoxy groups -OCH3 is 1. The average Bonchev–Trinajstić information content (AvgIpc) is 3.21. The number of ether oxygens (including phenoxy) is 1. The van der Waals surface area contributed by atoms with E-state index in [1.54, 1.807) is 25.5 Å². The van der Waals surface area contributed by atoms with E-state index in [-0.39, 0.29) is 11.8 Å². The van der Waals surface area contributed by atoms with Crippen molar-refractivity contribution in [2.45, 2.75) is 24.8 Å². The first-order valence-corrected chi connectivity index (χ1v) is 9.94. The number of benzene rings is 1. The van der Waals surface area contributed by atoms with Gasteiger partial charge >= 0.3 is 0 Å². The Morgan fingerprint density at radius 1 is 1.26 bits per heavy atom. The molecule has 0 atom stereocenters. The van der Waals surface area contributed by atoms with Gasteiger partial charge in [0.15, 0.2) is 0 Å². The van der Waals surface area contributed by atoms with Crippen LogP contribution in [0.15, 0.2) is 41.1 Å². The monoisotopic (exact) mass is 387 g/mol. The third kappa shape index (κ3) is 4.42. The first-order chi connectivity index (χ1) is 13.1. The summed E-state index contributed by atoms with van der Waals surface area (Å²) in [7, 11) is 3.26. The summed E-state index contributed by atoms with van der Waals surface area (Å²) in [5.74, 6) is 0.783. The number of thiophene rings is 1. The van der Waals surface area contributed by atoms with E-state index in [1.807, 2.05) is 46.0 Å². The van der Waals surface area contributed by atoms with Gasteiger partial charge < -0.3 is 20.3 Å². The van der Waals surface area contributed by atoms with E-state index >= 15 is 0 Å². The standard InChI is InChI=1S/C20H25N3O3S/c1-21-19(25)20(22-16-4-3-5-17(13-16)26-2)7-9-23(10-8-20)18(24)12-15-6-11-27-14-15/h3-6,11,13-14,22H,7-10,12H2,1-2H3,(H,21,25). The number of hydrogen-bond donors (Lipinski definition) is 2. The molecule has 1 aliphatic heterocycles. The SMILES string of the molecule is CNC(=O)C1(Nc2cccc(OC)c2)CCN(C(=O)Cc2ccsc2)CC1. The van der Waals surface area contributed by atoms with Crippen molar-refractivity contribution in [3.8, 4) is 5.75 Å². The minimum absolute atomic E-state index is 0.0600. The van der Waals surface area contributed by atoms with Gasteiger partial charge in [-0.25, -0.2) is 0 Å². The summed E-state index contributed by atoms with van der Waals surface area (Å²) in [6.07, 6.45) is 1.53. The smallest absolute Gasteiger partial charge is 0.245 e. The van der Waals surface area contributed by atoms with E-state index in [4.69, 9.17) is 4.74 Å². The van der Waals surface area contributed by atoms with Crippen molar-refractivity contribution < 1.29 is 14.3 Å². The van der Waals surface area contributed by atoms with E-state index in [1.165, 1.54) is 0 Å². The lowest BCUT2D eigenvalue weighted by molar-refractivity contribution is -0.135. The van der Waals surface area contributed by atoms with Crippen LogP contribution in [0.3, 0.4) is 0 Å². The molecule has 0 unspecified atom stereocenters. The van der Waals surface area contributed by atoms with E-state index in [0.717, 1.165) is 17.0 Å². The van der Waals surface area contributed by atoms with Gasteiger partial charge in [0.05, 0.1) is 13.5 Å². The van der Waals surface area contributed by atoms with Gasteiger partial charge in [0.25, 0.3) is 0 Å². The summed E-state index contributed by atoms with van der Waals surface area (Å²) in [5, 5.41) is 10.1. The largest absolute Gasteiger partial charge is 0.497 e. The fourth-order valence-corrected chi connectivity index (χ4v) is 4.11. The molecule has 144 valence electrons. The molecule has 0 aliphatic carbocycles. The van der Waals surface area contributed by atoms with Gasteiger partial charge in [-0.3, -0.25) is 9.59 Å². The predicted molar refractivity (Wildman–Crippen MR) is 107 cm³/mol. The van der Waals surface area contributed by atoms with E-state index in [2.05, 4.69) is 10.6 Å². The number of hydrogen-bond acceptors (Lipinski definition) is 5. The summed E-state index contributed by atoms with van der Waals surface area (Å²) in [4.78, 5) is 27.1. The molecule has 6 nitrogen and oxygen atoms in total. The topological polar surface area (TPSA) is 70.7 Å². The fraction of sp³-hybridized carbons (Fsp3) is 0.400. The van der Waals surface area contributed by atoms with Gasteiger partial charge in [0.2, 0.25) is 11.8 Å². The molecule has 1 aliphatic rings. The van der Waals surface area contributed by atoms with E-state index in [0.29, 0.717) is 32.4 Å². The number of likely N-dealkylation sites (N-methyl/N-ethyl adjacent to an activating group) is 1. The van der Waals surface area contributed by atoms with Crippen LogP contribution in [0.1, 0.15) is 18.4 Å². The molecule has 2 N–H and O–H groups in total. The molecule has 0 radical (unpaired) electrons. The second-order valence-corrected chi connectivity index (χ2v) is 7.49. The lowest BCUT2D eigenvalue weighted by atomic mass is 9.85. The Morgan fingerprint density at radius 3 is 2.67 bits per heavy atom. The minimum atomic E-state index is -0.736. The van der Waals surface area contributed by atoms with E-state index < -0.39 is 5.54 Å². The fourth-order valence-electron chi connectivity index (χ4n) is 3.44. The Kier molecular flexibility index (Phi) is 6.01. The molecule has 1 aromatic heterocycles. The third-order valence-corrected chi connectivity index (χ3v) is 5.75. The van der Waals surface area contributed by atoms with Gasteiger partial charge in [-0.2, -0.15) is 11.3 Å². The minimum Gasteiger partial charge on any atom is -0.497 e. The van der Waals surface area contributed by atoms with Gasteiger partial charge in [0, 0.05) is 31.9 Å². The van der Waals surface area contributed by atoms with E-state index in [9.17, 15) is 9.59 Å². The number of amides is 2. The van der Waals surface area contributed by atoms with Crippen molar-refractivity contribution in [1.29, 1.82) is 0 Å². The predicted octanol–water partition coefficient (Wildman–Crippen LogP) is 2.52. The summed E-state index contributed by atoms with van der Waals surface area (Å²) < 4.78 is 5.27. The lowest BCUT2D eigenvalue weighted by Gasteiger charge is -2.41. The zero-order chi connectivity index (χ0) is 19.3. The number of carbonyl (C=O) groups is 2. The molecule has 2 aromatic rings. The maximum Gasteiger partial charge on any atom is 0.245 e. The highest BCUT2D eigenvalue weighted by atomic mass is 32.1. The Morgan fingerprint density at radius 2 is 2.04 bits per heavy atom. The highest BCUT2D eigenvalue weighted by molar-refractivity contribution is 7.08. The normalized spacial score (nSPS) is 15.9. The number of piperidine rings is 1. The van der Waals surface area contributed by atoms with Crippen LogP contribution in [-0.4, -0.2) is 49.5 Å². The maximum atomic E-state index is 12.7. The summed E-state index contributed by atoms with van der Waals surface area (Å²) in [6, 6.07) is 9.52. The highest BCUT2D eigenvalue weighted by Crippen LogP contribution is 2.29. The summed E-state index contributed by atoms with van der Waals surface area (Å²) >= 11 is 1.60. The number of carbonyl (C=O) groups excluding carboxylic acids is 2. The van der Waals surface area contributed by atoms with Gasteiger partial charge in [-0.15, -0.1) is 0 Å². The van der Waals surface area contributed by atoms with Crippen molar-refractivity contribution in [2.24, 2.45) is 0 Å². The Hall–Kier alpha value is -2.54. The highest BCUT2D eigenvalue weighted by Gasteiger charge is 2.41. The molecule has 0 bridgehead atoms. The molecule has 1 fully saturated rings. The Balaban J connectivity index is 1.69. The molecule has 3 rings (SSSR count). The quantitative estimate of drug-likeness (QED) is 0.799. The molecule has 2 amide bonds. The van der Waals surface area contributed by atoms with Gasteiger partial charge in [-0.05, 0) is 47.4 Å². The van der Waals surface area contributed by atoms with Crippen LogP contribution in [0.2, 0.25) is 0 Å².